The zero-order valence-corrected chi connectivity index (χ0v) is 18.5. The molecule has 1 N–H and O–H groups in total. The zero-order valence-electron chi connectivity index (χ0n) is 16.9. The normalized spacial score (nSPS) is 21.2. The van der Waals surface area contributed by atoms with Crippen LogP contribution in [0.5, 0.6) is 0 Å². The molecule has 0 aliphatic carbocycles. The van der Waals surface area contributed by atoms with Crippen molar-refractivity contribution in [3.8, 4) is 0 Å². The Morgan fingerprint density at radius 2 is 1.77 bits per heavy atom. The van der Waals surface area contributed by atoms with Gasteiger partial charge in [-0.05, 0) is 56.7 Å². The maximum Gasteiger partial charge on any atom is 0.251 e. The van der Waals surface area contributed by atoms with Gasteiger partial charge < -0.3 is 10.1 Å². The molecule has 6 nitrogen and oxygen atoms in total. The van der Waals surface area contributed by atoms with E-state index < -0.39 is 22.0 Å². The van der Waals surface area contributed by atoms with Crippen molar-refractivity contribution in [3.05, 3.63) is 64.4 Å². The number of sulfonamides is 1. The van der Waals surface area contributed by atoms with Gasteiger partial charge in [-0.15, -0.1) is 0 Å². The van der Waals surface area contributed by atoms with Gasteiger partial charge in [0.2, 0.25) is 10.0 Å². The van der Waals surface area contributed by atoms with Crippen molar-refractivity contribution < 1.29 is 22.3 Å². The molecule has 3 rings (SSSR count). The molecule has 1 amide bonds. The second kappa shape index (κ2) is 9.01. The van der Waals surface area contributed by atoms with Crippen LogP contribution in [0.4, 0.5) is 4.39 Å². The number of nitrogens with zero attached hydrogens (tertiary/aromatic N) is 1. The summed E-state index contributed by atoms with van der Waals surface area (Å²) in [6.07, 6.45) is -0.490. The molecule has 1 fully saturated rings. The Kier molecular flexibility index (Phi) is 6.81. The number of carbonyl (C=O) groups is 1. The van der Waals surface area contributed by atoms with Gasteiger partial charge in [0.15, 0.2) is 0 Å². The summed E-state index contributed by atoms with van der Waals surface area (Å²) >= 11 is 6.19. The number of rotatable bonds is 5. The molecule has 1 aliphatic heterocycles. The van der Waals surface area contributed by atoms with E-state index in [2.05, 4.69) is 5.32 Å². The van der Waals surface area contributed by atoms with E-state index in [0.29, 0.717) is 0 Å². The first-order valence-electron chi connectivity index (χ1n) is 9.59. The van der Waals surface area contributed by atoms with Gasteiger partial charge in [-0.25, -0.2) is 12.8 Å². The standard InChI is InChI=1S/C21H24ClFN2O4S/c1-13-11-25(12-14(2)29-13)30(27,28)20-10-17(6-9-19(20)22)21(26)24-15(3)16-4-7-18(23)8-5-16/h4-10,13-15H,11-12H2,1-3H3,(H,24,26). The van der Waals surface area contributed by atoms with E-state index in [1.165, 1.54) is 34.6 Å². The predicted molar refractivity (Wildman–Crippen MR) is 113 cm³/mol. The maximum absolute atomic E-state index is 13.2. The number of benzene rings is 2. The smallest absolute Gasteiger partial charge is 0.251 e. The van der Waals surface area contributed by atoms with Crippen molar-refractivity contribution >= 4 is 27.5 Å². The zero-order chi connectivity index (χ0) is 22.1. The Morgan fingerprint density at radius 3 is 2.37 bits per heavy atom. The second-order valence-corrected chi connectivity index (χ2v) is 9.78. The number of halogens is 2. The van der Waals surface area contributed by atoms with Crippen molar-refractivity contribution in [2.24, 2.45) is 0 Å². The number of hydrogen-bond acceptors (Lipinski definition) is 4. The minimum atomic E-state index is -3.90. The van der Waals surface area contributed by atoms with Crippen molar-refractivity contribution in [3.63, 3.8) is 0 Å². The minimum Gasteiger partial charge on any atom is -0.373 e. The topological polar surface area (TPSA) is 75.7 Å². The van der Waals surface area contributed by atoms with Crippen LogP contribution >= 0.6 is 11.6 Å². The van der Waals surface area contributed by atoms with Crippen LogP contribution in [0, 0.1) is 5.82 Å². The predicted octanol–water partition coefficient (Wildman–Crippen LogP) is 3.77. The van der Waals surface area contributed by atoms with Crippen LogP contribution < -0.4 is 5.32 Å². The van der Waals surface area contributed by atoms with Crippen LogP contribution in [0.25, 0.3) is 0 Å². The fourth-order valence-corrected chi connectivity index (χ4v) is 5.51. The molecular formula is C21H24ClFN2O4S. The van der Waals surface area contributed by atoms with Crippen molar-refractivity contribution in [2.45, 2.75) is 43.9 Å². The van der Waals surface area contributed by atoms with E-state index >= 15 is 0 Å². The highest BCUT2D eigenvalue weighted by Crippen LogP contribution is 2.28. The van der Waals surface area contributed by atoms with Crippen LogP contribution in [0.2, 0.25) is 5.02 Å². The maximum atomic E-state index is 13.2. The molecule has 9 heteroatoms. The highest BCUT2D eigenvalue weighted by molar-refractivity contribution is 7.89. The monoisotopic (exact) mass is 454 g/mol. The molecule has 0 radical (unpaired) electrons. The van der Waals surface area contributed by atoms with Gasteiger partial charge in [-0.2, -0.15) is 4.31 Å². The summed E-state index contributed by atoms with van der Waals surface area (Å²) in [6, 6.07) is 9.56. The van der Waals surface area contributed by atoms with Crippen molar-refractivity contribution in [1.82, 2.24) is 9.62 Å². The molecule has 1 saturated heterocycles. The third kappa shape index (κ3) is 5.00. The lowest BCUT2D eigenvalue weighted by molar-refractivity contribution is -0.0440. The molecule has 0 bridgehead atoms. The summed E-state index contributed by atoms with van der Waals surface area (Å²) < 4.78 is 46.4. The highest BCUT2D eigenvalue weighted by Gasteiger charge is 2.34. The molecule has 1 aliphatic rings. The van der Waals surface area contributed by atoms with Gasteiger partial charge in [0.05, 0.1) is 23.3 Å². The molecule has 2 aromatic carbocycles. The van der Waals surface area contributed by atoms with E-state index in [1.807, 2.05) is 0 Å². The first-order valence-corrected chi connectivity index (χ1v) is 11.4. The Balaban J connectivity index is 1.83. The SMILES string of the molecule is CC1CN(S(=O)(=O)c2cc(C(=O)NC(C)c3ccc(F)cc3)ccc2Cl)CC(C)O1. The van der Waals surface area contributed by atoms with E-state index in [4.69, 9.17) is 16.3 Å². The Labute approximate surface area is 181 Å². The number of ether oxygens (including phenoxy) is 1. The number of hydrogen-bond donors (Lipinski definition) is 1. The minimum absolute atomic E-state index is 0.0462. The molecule has 2 aromatic rings. The van der Waals surface area contributed by atoms with Crippen molar-refractivity contribution in [2.75, 3.05) is 13.1 Å². The molecule has 3 atom stereocenters. The number of morpholine rings is 1. The van der Waals surface area contributed by atoms with Crippen LogP contribution in [-0.2, 0) is 14.8 Å². The lowest BCUT2D eigenvalue weighted by Gasteiger charge is -2.34. The number of carbonyl (C=O) groups excluding carboxylic acids is 1. The molecule has 1 heterocycles. The van der Waals surface area contributed by atoms with E-state index in [-0.39, 0.29) is 46.6 Å². The lowest BCUT2D eigenvalue weighted by Crippen LogP contribution is -2.48. The van der Waals surface area contributed by atoms with Crippen LogP contribution in [0.1, 0.15) is 42.7 Å². The summed E-state index contributed by atoms with van der Waals surface area (Å²) in [5.74, 6) is -0.819. The average Bonchev–Trinajstić information content (AvgIpc) is 2.67. The number of nitrogens with one attached hydrogen (secondary N) is 1. The summed E-state index contributed by atoms with van der Waals surface area (Å²) in [5.41, 5.74) is 0.893. The fraction of sp³-hybridized carbons (Fsp3) is 0.381. The molecule has 30 heavy (non-hydrogen) atoms. The second-order valence-electron chi connectivity index (χ2n) is 7.47. The first kappa shape index (κ1) is 22.7. The van der Waals surface area contributed by atoms with Crippen LogP contribution in [0.15, 0.2) is 47.4 Å². The largest absolute Gasteiger partial charge is 0.373 e. The van der Waals surface area contributed by atoms with Gasteiger partial charge >= 0.3 is 0 Å². The van der Waals surface area contributed by atoms with Gasteiger partial charge in [-0.3, -0.25) is 4.79 Å². The molecule has 0 aromatic heterocycles. The van der Waals surface area contributed by atoms with Gasteiger partial charge in [0, 0.05) is 18.7 Å². The average molecular weight is 455 g/mol. The Morgan fingerprint density at radius 1 is 1.17 bits per heavy atom. The summed E-state index contributed by atoms with van der Waals surface area (Å²) in [4.78, 5) is 12.6. The molecule has 0 spiro atoms. The summed E-state index contributed by atoms with van der Waals surface area (Å²) in [7, 11) is -3.90. The third-order valence-electron chi connectivity index (χ3n) is 4.91. The van der Waals surface area contributed by atoms with Crippen LogP contribution in [-0.4, -0.2) is 43.9 Å². The van der Waals surface area contributed by atoms with Gasteiger partial charge in [0.1, 0.15) is 10.7 Å². The third-order valence-corrected chi connectivity index (χ3v) is 7.23. The highest BCUT2D eigenvalue weighted by atomic mass is 35.5. The molecule has 0 saturated carbocycles. The van der Waals surface area contributed by atoms with Crippen LogP contribution in [0.3, 0.4) is 0 Å². The van der Waals surface area contributed by atoms with Gasteiger partial charge in [-0.1, -0.05) is 23.7 Å². The molecule has 3 unspecified atom stereocenters. The first-order chi connectivity index (χ1) is 14.1. The lowest BCUT2D eigenvalue weighted by atomic mass is 10.1. The van der Waals surface area contributed by atoms with Crippen molar-refractivity contribution in [1.29, 1.82) is 0 Å². The Hall–Kier alpha value is -2.00. The molecule has 162 valence electrons. The Bertz CT molecular complexity index is 1020. The number of amides is 1. The summed E-state index contributed by atoms with van der Waals surface area (Å²) in [6.45, 7) is 5.79. The van der Waals surface area contributed by atoms with E-state index in [9.17, 15) is 17.6 Å². The fourth-order valence-electron chi connectivity index (χ4n) is 3.42. The van der Waals surface area contributed by atoms with E-state index in [0.717, 1.165) is 5.56 Å². The summed E-state index contributed by atoms with van der Waals surface area (Å²) in [5, 5.41) is 2.84. The van der Waals surface area contributed by atoms with E-state index in [1.54, 1.807) is 32.9 Å². The van der Waals surface area contributed by atoms with Gasteiger partial charge in [0.25, 0.3) is 5.91 Å². The quantitative estimate of drug-likeness (QED) is 0.746. The molecular weight excluding hydrogens is 431 g/mol.